The van der Waals surface area contributed by atoms with E-state index < -0.39 is 5.92 Å². The van der Waals surface area contributed by atoms with Gasteiger partial charge < -0.3 is 14.5 Å². The van der Waals surface area contributed by atoms with Crippen LogP contribution in [0.15, 0.2) is 18.2 Å². The minimum absolute atomic E-state index is 0.00589. The molecule has 0 spiro atoms. The zero-order valence-corrected chi connectivity index (χ0v) is 17.0. The monoisotopic (exact) mass is 372 g/mol. The zero-order chi connectivity index (χ0) is 19.6. The second kappa shape index (κ2) is 8.42. The van der Waals surface area contributed by atoms with E-state index in [2.05, 4.69) is 20.8 Å². The highest BCUT2D eigenvalue weighted by atomic mass is 16.5. The zero-order valence-electron chi connectivity index (χ0n) is 17.0. The van der Waals surface area contributed by atoms with Crippen molar-refractivity contribution >= 4 is 17.5 Å². The number of piperidine rings is 1. The van der Waals surface area contributed by atoms with Crippen LogP contribution in [0, 0.1) is 25.7 Å². The van der Waals surface area contributed by atoms with E-state index >= 15 is 0 Å². The van der Waals surface area contributed by atoms with Crippen LogP contribution in [0.5, 0.6) is 0 Å². The number of ether oxygens (including phenoxy) is 1. The van der Waals surface area contributed by atoms with Crippen LogP contribution in [0.3, 0.4) is 0 Å². The average molecular weight is 373 g/mol. The van der Waals surface area contributed by atoms with Crippen LogP contribution in [0.1, 0.15) is 44.2 Å². The van der Waals surface area contributed by atoms with Crippen molar-refractivity contribution in [1.82, 2.24) is 4.90 Å². The first kappa shape index (κ1) is 19.9. The molecule has 2 amide bonds. The molecular formula is C22H32N2O3. The number of amides is 2. The quantitative estimate of drug-likeness (QED) is 0.745. The number of carbonyl (C=O) groups is 2. The summed E-state index contributed by atoms with van der Waals surface area (Å²) in [6.07, 6.45) is 2.57. The van der Waals surface area contributed by atoms with Crippen LogP contribution >= 0.6 is 0 Å². The van der Waals surface area contributed by atoms with E-state index in [4.69, 9.17) is 4.74 Å². The summed E-state index contributed by atoms with van der Waals surface area (Å²) in [6.45, 7) is 11.2. The molecule has 1 aromatic carbocycles. The molecule has 2 aliphatic heterocycles. The summed E-state index contributed by atoms with van der Waals surface area (Å²) in [4.78, 5) is 29.4. The van der Waals surface area contributed by atoms with Gasteiger partial charge in [-0.3, -0.25) is 9.59 Å². The third-order valence-corrected chi connectivity index (χ3v) is 5.72. The Morgan fingerprint density at radius 2 is 1.81 bits per heavy atom. The highest BCUT2D eigenvalue weighted by molar-refractivity contribution is 6.09. The van der Waals surface area contributed by atoms with Crippen molar-refractivity contribution in [3.63, 3.8) is 0 Å². The molecule has 2 saturated heterocycles. The molecule has 0 aliphatic carbocycles. The van der Waals surface area contributed by atoms with E-state index in [1.54, 1.807) is 4.90 Å². The number of hydrogen-bond acceptors (Lipinski definition) is 3. The first-order chi connectivity index (χ1) is 12.9. The molecule has 0 N–H and O–H groups in total. The Morgan fingerprint density at radius 3 is 2.44 bits per heavy atom. The SMILES string of the molecule is Cc1ccc(N2CCC(C(=O)N3CCC(OCC(C)C)CC3)C2=O)cc1C. The van der Waals surface area contributed by atoms with Crippen molar-refractivity contribution in [2.45, 2.75) is 53.1 Å². The second-order valence-electron chi connectivity index (χ2n) is 8.35. The lowest BCUT2D eigenvalue weighted by atomic mass is 10.0. The fourth-order valence-corrected chi connectivity index (χ4v) is 3.85. The lowest BCUT2D eigenvalue weighted by Gasteiger charge is -2.33. The average Bonchev–Trinajstić information content (AvgIpc) is 3.03. The van der Waals surface area contributed by atoms with Gasteiger partial charge in [0.15, 0.2) is 0 Å². The predicted molar refractivity (Wildman–Crippen MR) is 107 cm³/mol. The summed E-state index contributed by atoms with van der Waals surface area (Å²) in [5, 5.41) is 0. The number of benzene rings is 1. The van der Waals surface area contributed by atoms with E-state index in [-0.39, 0.29) is 17.9 Å². The van der Waals surface area contributed by atoms with Gasteiger partial charge in [0.25, 0.3) is 0 Å². The highest BCUT2D eigenvalue weighted by Crippen LogP contribution is 2.29. The number of aryl methyl sites for hydroxylation is 2. The molecule has 2 aliphatic rings. The fraction of sp³-hybridized carbons (Fsp3) is 0.636. The lowest BCUT2D eigenvalue weighted by molar-refractivity contribution is -0.142. The Kier molecular flexibility index (Phi) is 6.20. The van der Waals surface area contributed by atoms with E-state index in [1.807, 2.05) is 30.0 Å². The fourth-order valence-electron chi connectivity index (χ4n) is 3.85. The molecule has 148 valence electrons. The van der Waals surface area contributed by atoms with E-state index in [9.17, 15) is 9.59 Å². The minimum atomic E-state index is -0.528. The van der Waals surface area contributed by atoms with Crippen molar-refractivity contribution in [3.05, 3.63) is 29.3 Å². The van der Waals surface area contributed by atoms with Crippen molar-refractivity contribution in [2.24, 2.45) is 11.8 Å². The molecule has 3 rings (SSSR count). The summed E-state index contributed by atoms with van der Waals surface area (Å²) >= 11 is 0. The van der Waals surface area contributed by atoms with Crippen molar-refractivity contribution in [3.8, 4) is 0 Å². The third kappa shape index (κ3) is 4.52. The van der Waals surface area contributed by atoms with E-state index in [0.29, 0.717) is 32.0 Å². The van der Waals surface area contributed by atoms with Gasteiger partial charge in [0.05, 0.1) is 6.10 Å². The molecule has 2 fully saturated rings. The molecule has 1 atom stereocenters. The molecule has 5 nitrogen and oxygen atoms in total. The molecule has 5 heteroatoms. The van der Waals surface area contributed by atoms with Crippen LogP contribution in [-0.2, 0) is 14.3 Å². The number of rotatable bonds is 5. The van der Waals surface area contributed by atoms with Crippen molar-refractivity contribution in [2.75, 3.05) is 31.1 Å². The minimum Gasteiger partial charge on any atom is -0.378 e. The van der Waals surface area contributed by atoms with Gasteiger partial charge in [-0.25, -0.2) is 0 Å². The van der Waals surface area contributed by atoms with Crippen molar-refractivity contribution in [1.29, 1.82) is 0 Å². The molecule has 1 unspecified atom stereocenters. The Labute approximate surface area is 162 Å². The van der Waals surface area contributed by atoms with Crippen LogP contribution < -0.4 is 4.90 Å². The van der Waals surface area contributed by atoms with Gasteiger partial charge in [-0.05, 0) is 62.3 Å². The first-order valence-electron chi connectivity index (χ1n) is 10.2. The summed E-state index contributed by atoms with van der Waals surface area (Å²) in [7, 11) is 0. The normalized spacial score (nSPS) is 21.4. The van der Waals surface area contributed by atoms with E-state index in [1.165, 1.54) is 11.1 Å². The largest absolute Gasteiger partial charge is 0.378 e. The number of anilines is 1. The standard InChI is InChI=1S/C22H32N2O3/c1-15(2)14-27-19-7-10-23(11-8-19)21(25)20-9-12-24(22(20)26)18-6-5-16(3)17(4)13-18/h5-6,13,15,19-20H,7-12,14H2,1-4H3. The Hall–Kier alpha value is -1.88. The molecule has 0 saturated carbocycles. The molecule has 27 heavy (non-hydrogen) atoms. The maximum absolute atomic E-state index is 12.9. The van der Waals surface area contributed by atoms with Crippen molar-refractivity contribution < 1.29 is 14.3 Å². The number of likely N-dealkylation sites (tertiary alicyclic amines) is 1. The summed E-state index contributed by atoms with van der Waals surface area (Å²) < 4.78 is 5.90. The summed E-state index contributed by atoms with van der Waals surface area (Å²) in [6, 6.07) is 6.05. The van der Waals surface area contributed by atoms with Gasteiger partial charge >= 0.3 is 0 Å². The van der Waals surface area contributed by atoms with E-state index in [0.717, 1.165) is 25.1 Å². The van der Waals surface area contributed by atoms with Crippen LogP contribution in [0.2, 0.25) is 0 Å². The second-order valence-corrected chi connectivity index (χ2v) is 8.35. The molecule has 1 aromatic rings. The van der Waals surface area contributed by atoms with Gasteiger partial charge in [0.2, 0.25) is 11.8 Å². The molecule has 0 radical (unpaired) electrons. The Balaban J connectivity index is 1.57. The summed E-state index contributed by atoms with van der Waals surface area (Å²) in [5.74, 6) is -0.0630. The Morgan fingerprint density at radius 1 is 1.11 bits per heavy atom. The highest BCUT2D eigenvalue weighted by Gasteiger charge is 2.40. The van der Waals surface area contributed by atoms with Gasteiger partial charge in [-0.2, -0.15) is 0 Å². The number of carbonyl (C=O) groups excluding carboxylic acids is 2. The van der Waals surface area contributed by atoms with Gasteiger partial charge in [-0.1, -0.05) is 19.9 Å². The maximum atomic E-state index is 12.9. The molecule has 2 heterocycles. The number of hydrogen-bond donors (Lipinski definition) is 0. The van der Waals surface area contributed by atoms with Gasteiger partial charge in [-0.15, -0.1) is 0 Å². The van der Waals surface area contributed by atoms with Crippen LogP contribution in [-0.4, -0.2) is 49.1 Å². The van der Waals surface area contributed by atoms with Gasteiger partial charge in [0.1, 0.15) is 5.92 Å². The lowest BCUT2D eigenvalue weighted by Crippen LogP contribution is -2.45. The molecule has 0 aromatic heterocycles. The van der Waals surface area contributed by atoms with Crippen LogP contribution in [0.4, 0.5) is 5.69 Å². The number of nitrogens with zero attached hydrogens (tertiary/aromatic N) is 2. The van der Waals surface area contributed by atoms with Crippen LogP contribution in [0.25, 0.3) is 0 Å². The smallest absolute Gasteiger partial charge is 0.239 e. The summed E-state index contributed by atoms with van der Waals surface area (Å²) in [5.41, 5.74) is 3.28. The molecular weight excluding hydrogens is 340 g/mol. The topological polar surface area (TPSA) is 49.9 Å². The van der Waals surface area contributed by atoms with Gasteiger partial charge in [0, 0.05) is 31.9 Å². The maximum Gasteiger partial charge on any atom is 0.239 e. The Bertz CT molecular complexity index is 693. The molecule has 0 bridgehead atoms. The predicted octanol–water partition coefficient (Wildman–Crippen LogP) is 3.32. The first-order valence-corrected chi connectivity index (χ1v) is 10.2. The third-order valence-electron chi connectivity index (χ3n) is 5.72.